The Hall–Kier alpha value is -1.96. The van der Waals surface area contributed by atoms with Gasteiger partial charge in [-0.15, -0.1) is 0 Å². The van der Waals surface area contributed by atoms with E-state index in [1.165, 1.54) is 30.3 Å². The van der Waals surface area contributed by atoms with Gasteiger partial charge in [0, 0.05) is 24.5 Å². The molecule has 0 saturated heterocycles. The fraction of sp³-hybridized carbons (Fsp3) is 0.412. The Morgan fingerprint density at radius 3 is 2.77 bits per heavy atom. The number of nitrogens with zero attached hydrogens (tertiary/aromatic N) is 1. The zero-order chi connectivity index (χ0) is 19.5. The van der Waals surface area contributed by atoms with Crippen molar-refractivity contribution in [2.24, 2.45) is 11.8 Å². The molecule has 140 valence electrons. The molecule has 1 fully saturated rings. The van der Waals surface area contributed by atoms with Crippen LogP contribution in [0.25, 0.3) is 0 Å². The molecule has 1 N–H and O–H groups in total. The molecule has 0 spiro atoms. The minimum absolute atomic E-state index is 0.0632. The van der Waals surface area contributed by atoms with Crippen LogP contribution < -0.4 is 0 Å². The van der Waals surface area contributed by atoms with Crippen molar-refractivity contribution >= 4 is 40.6 Å². The second-order valence-corrected chi connectivity index (χ2v) is 7.04. The maximum absolute atomic E-state index is 12.6. The summed E-state index contributed by atoms with van der Waals surface area (Å²) in [6.45, 7) is 1.72. The van der Waals surface area contributed by atoms with Gasteiger partial charge in [-0.05, 0) is 25.0 Å². The summed E-state index contributed by atoms with van der Waals surface area (Å²) in [5.41, 5.74) is -1.68. The monoisotopic (exact) mass is 401 g/mol. The van der Waals surface area contributed by atoms with E-state index < -0.39 is 34.1 Å². The molecule has 9 heteroatoms. The van der Waals surface area contributed by atoms with Crippen molar-refractivity contribution < 1.29 is 24.4 Å². The Kier molecular flexibility index (Phi) is 6.39. The van der Waals surface area contributed by atoms with Crippen LogP contribution in [0.4, 0.5) is 5.69 Å². The SMILES string of the molecule is CCOC(=O)[C@@H]1C(=O)C[C@](O)(c2cccc([N+](=O)[O-])c2)C[C@H]1C=C(Cl)Cl. The van der Waals surface area contributed by atoms with Gasteiger partial charge in [-0.1, -0.05) is 35.3 Å². The number of ether oxygens (including phenoxy) is 1. The molecule has 0 unspecified atom stereocenters. The largest absolute Gasteiger partial charge is 0.465 e. The van der Waals surface area contributed by atoms with Crippen molar-refractivity contribution in [1.29, 1.82) is 0 Å². The Bertz CT molecular complexity index is 761. The Morgan fingerprint density at radius 1 is 1.50 bits per heavy atom. The Morgan fingerprint density at radius 2 is 2.19 bits per heavy atom. The minimum Gasteiger partial charge on any atom is -0.465 e. The fourth-order valence-electron chi connectivity index (χ4n) is 3.20. The van der Waals surface area contributed by atoms with Crippen molar-refractivity contribution in [3.63, 3.8) is 0 Å². The average Bonchev–Trinajstić information content (AvgIpc) is 2.54. The van der Waals surface area contributed by atoms with Gasteiger partial charge < -0.3 is 9.84 Å². The smallest absolute Gasteiger partial charge is 0.317 e. The number of ketones is 1. The number of hydrogen-bond acceptors (Lipinski definition) is 6. The zero-order valence-corrected chi connectivity index (χ0v) is 15.4. The third-order valence-electron chi connectivity index (χ3n) is 4.29. The van der Waals surface area contributed by atoms with E-state index in [0.29, 0.717) is 0 Å². The minimum atomic E-state index is -1.68. The van der Waals surface area contributed by atoms with Crippen LogP contribution in [-0.4, -0.2) is 28.4 Å². The van der Waals surface area contributed by atoms with Crippen LogP contribution in [0.3, 0.4) is 0 Å². The third kappa shape index (κ3) is 4.41. The van der Waals surface area contributed by atoms with Crippen LogP contribution in [0, 0.1) is 22.0 Å². The predicted octanol–water partition coefficient (Wildman–Crippen LogP) is 3.26. The maximum Gasteiger partial charge on any atom is 0.317 e. The van der Waals surface area contributed by atoms with Crippen molar-refractivity contribution in [3.05, 3.63) is 50.5 Å². The lowest BCUT2D eigenvalue weighted by Gasteiger charge is -2.38. The molecule has 0 radical (unpaired) electrons. The van der Waals surface area contributed by atoms with E-state index in [1.54, 1.807) is 6.92 Å². The van der Waals surface area contributed by atoms with Gasteiger partial charge in [-0.2, -0.15) is 0 Å². The molecular formula is C17H17Cl2NO6. The number of halogens is 2. The average molecular weight is 402 g/mol. The van der Waals surface area contributed by atoms with E-state index in [2.05, 4.69) is 0 Å². The highest BCUT2D eigenvalue weighted by atomic mass is 35.5. The van der Waals surface area contributed by atoms with E-state index >= 15 is 0 Å². The number of benzene rings is 1. The van der Waals surface area contributed by atoms with Gasteiger partial charge in [-0.25, -0.2) is 0 Å². The molecule has 3 atom stereocenters. The number of non-ortho nitro benzene ring substituents is 1. The summed E-state index contributed by atoms with van der Waals surface area (Å²) in [5, 5.41) is 22.0. The van der Waals surface area contributed by atoms with Gasteiger partial charge >= 0.3 is 5.97 Å². The van der Waals surface area contributed by atoms with Gasteiger partial charge in [0.05, 0.1) is 17.1 Å². The quantitative estimate of drug-likeness (QED) is 0.351. The van der Waals surface area contributed by atoms with E-state index in [0.717, 1.165) is 0 Å². The predicted molar refractivity (Wildman–Crippen MR) is 94.6 cm³/mol. The van der Waals surface area contributed by atoms with Crippen LogP contribution in [0.5, 0.6) is 0 Å². The lowest BCUT2D eigenvalue weighted by molar-refractivity contribution is -0.385. The number of hydrogen-bond donors (Lipinski definition) is 1. The summed E-state index contributed by atoms with van der Waals surface area (Å²) < 4.78 is 4.79. The number of carbonyl (C=O) groups excluding carboxylic acids is 2. The summed E-state index contributed by atoms with van der Waals surface area (Å²) in [4.78, 5) is 35.1. The molecule has 0 amide bonds. The number of carbonyl (C=O) groups is 2. The van der Waals surface area contributed by atoms with Crippen LogP contribution in [0.15, 0.2) is 34.8 Å². The molecule has 0 heterocycles. The number of aliphatic hydroxyl groups is 1. The van der Waals surface area contributed by atoms with Crippen LogP contribution in [0.1, 0.15) is 25.3 Å². The molecule has 1 aromatic rings. The first-order chi connectivity index (χ1) is 12.2. The number of Topliss-reactive ketones (excluding diaryl/α,β-unsaturated/α-hetero) is 1. The van der Waals surface area contributed by atoms with E-state index in [4.69, 9.17) is 27.9 Å². The zero-order valence-electron chi connectivity index (χ0n) is 13.9. The van der Waals surface area contributed by atoms with Gasteiger partial charge in [0.15, 0.2) is 5.78 Å². The lowest BCUT2D eigenvalue weighted by Crippen LogP contribution is -2.45. The second kappa shape index (κ2) is 8.16. The lowest BCUT2D eigenvalue weighted by atomic mass is 9.68. The molecule has 1 aromatic carbocycles. The van der Waals surface area contributed by atoms with Crippen LogP contribution in [0.2, 0.25) is 0 Å². The van der Waals surface area contributed by atoms with Crippen LogP contribution in [-0.2, 0) is 19.9 Å². The third-order valence-corrected chi connectivity index (χ3v) is 4.54. The summed E-state index contributed by atoms with van der Waals surface area (Å²) >= 11 is 11.4. The van der Waals surface area contributed by atoms with Crippen molar-refractivity contribution in [2.45, 2.75) is 25.4 Å². The first-order valence-electron chi connectivity index (χ1n) is 7.87. The first kappa shape index (κ1) is 20.4. The van der Waals surface area contributed by atoms with Crippen LogP contribution >= 0.6 is 23.2 Å². The highest BCUT2D eigenvalue weighted by Gasteiger charge is 2.48. The summed E-state index contributed by atoms with van der Waals surface area (Å²) in [6, 6.07) is 5.41. The molecule has 7 nitrogen and oxygen atoms in total. The number of allylic oxidation sites excluding steroid dienone is 1. The molecule has 1 aliphatic carbocycles. The van der Waals surface area contributed by atoms with Crippen molar-refractivity contribution in [1.82, 2.24) is 0 Å². The molecule has 0 aliphatic heterocycles. The molecule has 26 heavy (non-hydrogen) atoms. The topological polar surface area (TPSA) is 107 Å². The highest BCUT2D eigenvalue weighted by Crippen LogP contribution is 2.43. The van der Waals surface area contributed by atoms with E-state index in [-0.39, 0.29) is 35.2 Å². The summed E-state index contributed by atoms with van der Waals surface area (Å²) in [7, 11) is 0. The Labute approximate surface area is 159 Å². The fourth-order valence-corrected chi connectivity index (χ4v) is 3.52. The van der Waals surface area contributed by atoms with Gasteiger partial charge in [0.1, 0.15) is 10.4 Å². The van der Waals surface area contributed by atoms with Crippen molar-refractivity contribution in [3.8, 4) is 0 Å². The molecular weight excluding hydrogens is 385 g/mol. The summed E-state index contributed by atoms with van der Waals surface area (Å²) in [5.74, 6) is -3.19. The normalized spacial score (nSPS) is 25.5. The van der Waals surface area contributed by atoms with E-state index in [9.17, 15) is 24.8 Å². The highest BCUT2D eigenvalue weighted by molar-refractivity contribution is 6.55. The standard InChI is InChI=1S/C17H17Cl2NO6/c1-2-26-16(22)15-10(6-14(18)19)8-17(23,9-13(15)21)11-4-3-5-12(7-11)20(24)25/h3-7,10,15,23H,2,8-9H2,1H3/t10-,15+,17+/m1/s1. The molecule has 0 bridgehead atoms. The Balaban J connectivity index is 2.43. The molecule has 2 rings (SSSR count). The van der Waals surface area contributed by atoms with Gasteiger partial charge in [-0.3, -0.25) is 19.7 Å². The molecule has 1 saturated carbocycles. The molecule has 0 aromatic heterocycles. The molecule has 1 aliphatic rings. The first-order valence-corrected chi connectivity index (χ1v) is 8.63. The van der Waals surface area contributed by atoms with Gasteiger partial charge in [0.2, 0.25) is 0 Å². The number of nitro groups is 1. The van der Waals surface area contributed by atoms with Gasteiger partial charge in [0.25, 0.3) is 5.69 Å². The number of nitro benzene ring substituents is 1. The maximum atomic E-state index is 12.6. The second-order valence-electron chi connectivity index (χ2n) is 6.04. The van der Waals surface area contributed by atoms with E-state index in [1.807, 2.05) is 0 Å². The van der Waals surface area contributed by atoms with Crippen molar-refractivity contribution in [2.75, 3.05) is 6.61 Å². The summed E-state index contributed by atoms with van der Waals surface area (Å²) in [6.07, 6.45) is 0.873. The number of rotatable bonds is 5. The number of esters is 1.